The number of nitrogens with two attached hydrogens (primary N) is 1. The van der Waals surface area contributed by atoms with E-state index in [9.17, 15) is 4.79 Å². The summed E-state index contributed by atoms with van der Waals surface area (Å²) in [6, 6.07) is 7.93. The molecule has 3 nitrogen and oxygen atoms in total. The molecule has 0 saturated heterocycles. The molecule has 0 spiro atoms. The van der Waals surface area contributed by atoms with Crippen LogP contribution in [0, 0.1) is 0 Å². The lowest BCUT2D eigenvalue weighted by atomic mass is 10.1. The van der Waals surface area contributed by atoms with Gasteiger partial charge in [-0.3, -0.25) is 4.79 Å². The number of hydrogen-bond acceptors (Lipinski definition) is 4. The second-order valence-electron chi connectivity index (χ2n) is 3.80. The van der Waals surface area contributed by atoms with Gasteiger partial charge < -0.3 is 10.5 Å². The Morgan fingerprint density at radius 1 is 1.50 bits per heavy atom. The quantitative estimate of drug-likeness (QED) is 0.473. The fourth-order valence-electron chi connectivity index (χ4n) is 1.43. The molecule has 0 aliphatic carbocycles. The highest BCUT2D eigenvalue weighted by atomic mass is 32.2. The molecule has 0 atom stereocenters. The van der Waals surface area contributed by atoms with Gasteiger partial charge in [-0.05, 0) is 23.8 Å². The maximum atomic E-state index is 10.9. The van der Waals surface area contributed by atoms with Crippen molar-refractivity contribution in [3.8, 4) is 0 Å². The molecular formula is C13H17NO2S2. The van der Waals surface area contributed by atoms with E-state index < -0.39 is 0 Å². The molecular weight excluding hydrogens is 266 g/mol. The number of methoxy groups -OCH3 is 1. The average molecular weight is 283 g/mol. The Kier molecular flexibility index (Phi) is 6.75. The van der Waals surface area contributed by atoms with Gasteiger partial charge in [0, 0.05) is 17.7 Å². The predicted molar refractivity (Wildman–Crippen MR) is 79.7 cm³/mol. The van der Waals surface area contributed by atoms with Crippen molar-refractivity contribution in [3.63, 3.8) is 0 Å². The van der Waals surface area contributed by atoms with Crippen LogP contribution in [0.3, 0.4) is 0 Å². The van der Waals surface area contributed by atoms with Crippen LogP contribution in [0.4, 0.5) is 0 Å². The van der Waals surface area contributed by atoms with Gasteiger partial charge in [0.25, 0.3) is 0 Å². The molecule has 0 aliphatic rings. The van der Waals surface area contributed by atoms with E-state index in [1.807, 2.05) is 18.2 Å². The van der Waals surface area contributed by atoms with Crippen LogP contribution >= 0.6 is 24.0 Å². The summed E-state index contributed by atoms with van der Waals surface area (Å²) in [4.78, 5) is 11.3. The van der Waals surface area contributed by atoms with Crippen LogP contribution in [0.2, 0.25) is 0 Å². The normalized spacial score (nSPS) is 10.1. The van der Waals surface area contributed by atoms with Crippen LogP contribution in [0.1, 0.15) is 24.0 Å². The first-order valence-electron chi connectivity index (χ1n) is 5.67. The molecule has 0 heterocycles. The topological polar surface area (TPSA) is 52.3 Å². The Morgan fingerprint density at radius 3 is 2.94 bits per heavy atom. The zero-order valence-electron chi connectivity index (χ0n) is 10.3. The van der Waals surface area contributed by atoms with Crippen LogP contribution in [-0.2, 0) is 15.3 Å². The van der Waals surface area contributed by atoms with Gasteiger partial charge in [0.2, 0.25) is 0 Å². The standard InChI is InChI=1S/C13H17NO2S2/c1-16-12(15)6-3-7-18-9-10-4-2-5-11(8-10)13(14)17/h2,4-5,8H,3,6-7,9H2,1H3,(H2,14,17). The minimum absolute atomic E-state index is 0.147. The summed E-state index contributed by atoms with van der Waals surface area (Å²) in [5.41, 5.74) is 7.68. The fourth-order valence-corrected chi connectivity index (χ4v) is 2.46. The second-order valence-corrected chi connectivity index (χ2v) is 5.34. The molecule has 18 heavy (non-hydrogen) atoms. The summed E-state index contributed by atoms with van der Waals surface area (Å²) in [5.74, 6) is 1.69. The van der Waals surface area contributed by atoms with Gasteiger partial charge in [-0.15, -0.1) is 0 Å². The van der Waals surface area contributed by atoms with Crippen molar-refractivity contribution in [1.29, 1.82) is 0 Å². The van der Waals surface area contributed by atoms with Crippen molar-refractivity contribution in [2.75, 3.05) is 12.9 Å². The van der Waals surface area contributed by atoms with Crippen LogP contribution < -0.4 is 5.73 Å². The lowest BCUT2D eigenvalue weighted by molar-refractivity contribution is -0.140. The highest BCUT2D eigenvalue weighted by Crippen LogP contribution is 2.15. The molecule has 0 radical (unpaired) electrons. The molecule has 1 rings (SSSR count). The molecule has 0 bridgehead atoms. The number of rotatable bonds is 7. The van der Waals surface area contributed by atoms with E-state index in [0.717, 1.165) is 23.5 Å². The van der Waals surface area contributed by atoms with Crippen molar-refractivity contribution in [2.24, 2.45) is 5.73 Å². The summed E-state index contributed by atoms with van der Waals surface area (Å²) in [6.45, 7) is 0. The maximum absolute atomic E-state index is 10.9. The largest absolute Gasteiger partial charge is 0.469 e. The SMILES string of the molecule is COC(=O)CCCSCc1cccc(C(N)=S)c1. The van der Waals surface area contributed by atoms with Gasteiger partial charge in [-0.2, -0.15) is 11.8 Å². The highest BCUT2D eigenvalue weighted by Gasteiger charge is 2.01. The zero-order chi connectivity index (χ0) is 13.4. The maximum Gasteiger partial charge on any atom is 0.305 e. The van der Waals surface area contributed by atoms with Crippen LogP contribution in [0.5, 0.6) is 0 Å². The molecule has 0 saturated carbocycles. The van der Waals surface area contributed by atoms with Gasteiger partial charge >= 0.3 is 5.97 Å². The van der Waals surface area contributed by atoms with E-state index in [0.29, 0.717) is 11.4 Å². The van der Waals surface area contributed by atoms with E-state index >= 15 is 0 Å². The lowest BCUT2D eigenvalue weighted by Crippen LogP contribution is -2.09. The Hall–Kier alpha value is -1.07. The first kappa shape index (κ1) is 15.0. The molecule has 0 aliphatic heterocycles. The third-order valence-corrected chi connectivity index (χ3v) is 3.73. The summed E-state index contributed by atoms with van der Waals surface area (Å²) in [7, 11) is 1.41. The van der Waals surface area contributed by atoms with Crippen molar-refractivity contribution < 1.29 is 9.53 Å². The number of esters is 1. The predicted octanol–water partition coefficient (Wildman–Crippen LogP) is 2.51. The van der Waals surface area contributed by atoms with E-state index in [1.165, 1.54) is 12.7 Å². The number of ether oxygens (including phenoxy) is 1. The molecule has 5 heteroatoms. The van der Waals surface area contributed by atoms with Gasteiger partial charge in [0.15, 0.2) is 0 Å². The number of carbonyl (C=O) groups excluding carboxylic acids is 1. The molecule has 1 aromatic rings. The van der Waals surface area contributed by atoms with Gasteiger partial charge in [-0.1, -0.05) is 30.4 Å². The number of thioether (sulfide) groups is 1. The summed E-state index contributed by atoms with van der Waals surface area (Å²) in [5, 5.41) is 0. The lowest BCUT2D eigenvalue weighted by Gasteiger charge is -2.04. The van der Waals surface area contributed by atoms with E-state index in [-0.39, 0.29) is 5.97 Å². The van der Waals surface area contributed by atoms with E-state index in [4.69, 9.17) is 18.0 Å². The number of thiocarbonyl (C=S) groups is 1. The first-order valence-corrected chi connectivity index (χ1v) is 7.23. The first-order chi connectivity index (χ1) is 8.63. The molecule has 0 aromatic heterocycles. The molecule has 2 N–H and O–H groups in total. The van der Waals surface area contributed by atoms with Crippen molar-refractivity contribution >= 4 is 34.9 Å². The molecule has 98 valence electrons. The Labute approximate surface area is 117 Å². The smallest absolute Gasteiger partial charge is 0.305 e. The number of benzene rings is 1. The van der Waals surface area contributed by atoms with Crippen LogP contribution in [0.15, 0.2) is 24.3 Å². The monoisotopic (exact) mass is 283 g/mol. The minimum Gasteiger partial charge on any atom is -0.469 e. The second kappa shape index (κ2) is 8.11. The highest BCUT2D eigenvalue weighted by molar-refractivity contribution is 7.98. The van der Waals surface area contributed by atoms with Crippen LogP contribution in [-0.4, -0.2) is 23.8 Å². The molecule has 0 amide bonds. The third-order valence-electron chi connectivity index (χ3n) is 2.38. The van der Waals surface area contributed by atoms with E-state index in [2.05, 4.69) is 10.8 Å². The van der Waals surface area contributed by atoms with Gasteiger partial charge in [0.05, 0.1) is 7.11 Å². The van der Waals surface area contributed by atoms with Gasteiger partial charge in [0.1, 0.15) is 4.99 Å². The Balaban J connectivity index is 2.29. The van der Waals surface area contributed by atoms with Crippen molar-refractivity contribution in [2.45, 2.75) is 18.6 Å². The van der Waals surface area contributed by atoms with Crippen LogP contribution in [0.25, 0.3) is 0 Å². The van der Waals surface area contributed by atoms with Crippen molar-refractivity contribution in [1.82, 2.24) is 0 Å². The fraction of sp³-hybridized carbons (Fsp3) is 0.385. The third kappa shape index (κ3) is 5.51. The van der Waals surface area contributed by atoms with Gasteiger partial charge in [-0.25, -0.2) is 0 Å². The molecule has 0 fully saturated rings. The summed E-state index contributed by atoms with van der Waals surface area (Å²) in [6.07, 6.45) is 1.32. The number of hydrogen-bond donors (Lipinski definition) is 1. The van der Waals surface area contributed by atoms with Crippen molar-refractivity contribution in [3.05, 3.63) is 35.4 Å². The Morgan fingerprint density at radius 2 is 2.28 bits per heavy atom. The molecule has 1 aromatic carbocycles. The molecule has 0 unspecified atom stereocenters. The zero-order valence-corrected chi connectivity index (χ0v) is 12.0. The summed E-state index contributed by atoms with van der Waals surface area (Å²) < 4.78 is 4.58. The summed E-state index contributed by atoms with van der Waals surface area (Å²) >= 11 is 6.72. The number of carbonyl (C=O) groups is 1. The van der Waals surface area contributed by atoms with E-state index in [1.54, 1.807) is 11.8 Å². The Bertz CT molecular complexity index is 421. The average Bonchev–Trinajstić information content (AvgIpc) is 2.38. The minimum atomic E-state index is -0.147.